The van der Waals surface area contributed by atoms with Crippen LogP contribution in [0.4, 0.5) is 0 Å². The molecule has 0 N–H and O–H groups in total. The summed E-state index contributed by atoms with van der Waals surface area (Å²) in [5, 5.41) is 0. The van der Waals surface area contributed by atoms with Gasteiger partial charge in [0.2, 0.25) is 0 Å². The van der Waals surface area contributed by atoms with Crippen LogP contribution in [0.5, 0.6) is 0 Å². The van der Waals surface area contributed by atoms with Gasteiger partial charge in [0.15, 0.2) is 0 Å². The third kappa shape index (κ3) is 1.35. The van der Waals surface area contributed by atoms with E-state index in [1.165, 1.54) is 11.3 Å². The van der Waals surface area contributed by atoms with Crippen LogP contribution in [-0.4, -0.2) is 11.9 Å². The fourth-order valence-corrected chi connectivity index (χ4v) is 0.938. The summed E-state index contributed by atoms with van der Waals surface area (Å²) in [6.07, 6.45) is 5.54. The van der Waals surface area contributed by atoms with E-state index in [1.807, 2.05) is 0 Å². The van der Waals surface area contributed by atoms with Crippen LogP contribution < -0.4 is 0 Å². The molecule has 0 amide bonds. The van der Waals surface area contributed by atoms with E-state index in [9.17, 15) is 0 Å². The van der Waals surface area contributed by atoms with E-state index < -0.39 is 0 Å². The van der Waals surface area contributed by atoms with Crippen LogP contribution in [0.3, 0.4) is 0 Å². The molecule has 1 aliphatic rings. The van der Waals surface area contributed by atoms with Crippen molar-refractivity contribution in [1.29, 1.82) is 0 Å². The number of rotatable bonds is 0. The zero-order chi connectivity index (χ0) is 6.85. The van der Waals surface area contributed by atoms with Gasteiger partial charge in [-0.1, -0.05) is 11.6 Å². The third-order valence-corrected chi connectivity index (χ3v) is 1.69. The second-order valence-corrected chi connectivity index (χ2v) is 2.64. The van der Waals surface area contributed by atoms with Crippen molar-refractivity contribution < 1.29 is 0 Å². The van der Waals surface area contributed by atoms with E-state index in [0.717, 1.165) is 6.42 Å². The lowest BCUT2D eigenvalue weighted by molar-refractivity contribution is 0.549. The Morgan fingerprint density at radius 1 is 1.44 bits per heavy atom. The molecule has 1 aliphatic heterocycles. The zero-order valence-corrected chi connectivity index (χ0v) is 6.31. The second-order valence-electron chi connectivity index (χ2n) is 2.64. The summed E-state index contributed by atoms with van der Waals surface area (Å²) in [4.78, 5) is 2.15. The second kappa shape index (κ2) is 2.26. The van der Waals surface area contributed by atoms with E-state index >= 15 is 0 Å². The molecule has 9 heavy (non-hydrogen) atoms. The fraction of sp³-hybridized carbons (Fsp3) is 0.500. The summed E-state index contributed by atoms with van der Waals surface area (Å²) in [6.45, 7) is 4.28. The molecular weight excluding hydrogens is 110 g/mol. The average Bonchev–Trinajstić information content (AvgIpc) is 1.80. The molecular formula is C8H13N. The molecule has 1 heteroatoms. The van der Waals surface area contributed by atoms with Crippen LogP contribution in [-0.2, 0) is 0 Å². The van der Waals surface area contributed by atoms with Crippen molar-refractivity contribution in [3.8, 4) is 0 Å². The monoisotopic (exact) mass is 123 g/mol. The average molecular weight is 123 g/mol. The smallest absolute Gasteiger partial charge is 0.0109 e. The molecule has 0 aromatic rings. The quantitative estimate of drug-likeness (QED) is 0.477. The normalized spacial score (nSPS) is 19.2. The van der Waals surface area contributed by atoms with Gasteiger partial charge in [-0.2, -0.15) is 0 Å². The summed E-state index contributed by atoms with van der Waals surface area (Å²) in [5.74, 6) is 0. The van der Waals surface area contributed by atoms with E-state index in [-0.39, 0.29) is 0 Å². The van der Waals surface area contributed by atoms with E-state index in [4.69, 9.17) is 0 Å². The molecule has 0 saturated heterocycles. The minimum Gasteiger partial charge on any atom is -0.355 e. The minimum atomic E-state index is 1.12. The maximum atomic E-state index is 2.25. The van der Waals surface area contributed by atoms with Gasteiger partial charge < -0.3 is 4.90 Å². The summed E-state index contributed by atoms with van der Waals surface area (Å²) >= 11 is 0. The molecule has 1 nitrogen and oxygen atoms in total. The topological polar surface area (TPSA) is 3.24 Å². The van der Waals surface area contributed by atoms with Crippen molar-refractivity contribution in [2.45, 2.75) is 20.3 Å². The van der Waals surface area contributed by atoms with Crippen LogP contribution in [0.2, 0.25) is 0 Å². The molecule has 0 fully saturated rings. The molecule has 0 saturated carbocycles. The van der Waals surface area contributed by atoms with Crippen molar-refractivity contribution >= 4 is 0 Å². The highest BCUT2D eigenvalue weighted by Crippen LogP contribution is 2.14. The molecule has 0 spiro atoms. The number of hydrogen-bond donors (Lipinski definition) is 0. The first-order valence-corrected chi connectivity index (χ1v) is 3.27. The Labute approximate surface area is 56.7 Å². The first-order valence-electron chi connectivity index (χ1n) is 3.27. The molecule has 0 radical (unpaired) electrons. The lowest BCUT2D eigenvalue weighted by Crippen LogP contribution is -2.11. The fourth-order valence-electron chi connectivity index (χ4n) is 0.938. The number of allylic oxidation sites excluding steroid dienone is 3. The zero-order valence-electron chi connectivity index (χ0n) is 6.31. The number of nitrogens with zero attached hydrogens (tertiary/aromatic N) is 1. The predicted octanol–water partition coefficient (Wildman–Crippen LogP) is 2.13. The first-order chi connectivity index (χ1) is 4.20. The van der Waals surface area contributed by atoms with E-state index in [0.29, 0.717) is 0 Å². The van der Waals surface area contributed by atoms with Gasteiger partial charge in [-0.25, -0.2) is 0 Å². The Hall–Kier alpha value is -0.720. The molecule has 0 aliphatic carbocycles. The maximum absolute atomic E-state index is 2.25. The SMILES string of the molecule is CC1=CN(C)C(C)=CC1. The highest BCUT2D eigenvalue weighted by atomic mass is 15.1. The Kier molecular flexibility index (Phi) is 1.60. The van der Waals surface area contributed by atoms with Gasteiger partial charge >= 0.3 is 0 Å². The van der Waals surface area contributed by atoms with Gasteiger partial charge in [-0.3, -0.25) is 0 Å². The summed E-state index contributed by atoms with van der Waals surface area (Å²) < 4.78 is 0. The molecule has 0 bridgehead atoms. The van der Waals surface area contributed by atoms with Gasteiger partial charge in [0.25, 0.3) is 0 Å². The molecule has 50 valence electrons. The molecule has 0 atom stereocenters. The van der Waals surface area contributed by atoms with E-state index in [1.54, 1.807) is 0 Å². The Bertz CT molecular complexity index is 165. The molecule has 1 rings (SSSR count). The Morgan fingerprint density at radius 2 is 2.11 bits per heavy atom. The summed E-state index contributed by atoms with van der Waals surface area (Å²) in [6, 6.07) is 0. The van der Waals surface area contributed by atoms with Crippen LogP contribution in [0.15, 0.2) is 23.5 Å². The lowest BCUT2D eigenvalue weighted by Gasteiger charge is -2.20. The van der Waals surface area contributed by atoms with Gasteiger partial charge in [0.05, 0.1) is 0 Å². The summed E-state index contributed by atoms with van der Waals surface area (Å²) in [7, 11) is 2.08. The van der Waals surface area contributed by atoms with Crippen molar-refractivity contribution in [3.05, 3.63) is 23.5 Å². The highest BCUT2D eigenvalue weighted by molar-refractivity contribution is 5.15. The van der Waals surface area contributed by atoms with E-state index in [2.05, 4.69) is 38.1 Å². The standard InChI is InChI=1S/C8H13N/c1-7-4-5-8(2)9(3)6-7/h5-6H,4H2,1-3H3. The Morgan fingerprint density at radius 3 is 2.56 bits per heavy atom. The van der Waals surface area contributed by atoms with Crippen LogP contribution in [0.1, 0.15) is 20.3 Å². The number of hydrogen-bond acceptors (Lipinski definition) is 1. The lowest BCUT2D eigenvalue weighted by atomic mass is 10.1. The van der Waals surface area contributed by atoms with Crippen LogP contribution >= 0.6 is 0 Å². The predicted molar refractivity (Wildman–Crippen MR) is 39.9 cm³/mol. The van der Waals surface area contributed by atoms with Crippen molar-refractivity contribution in [3.63, 3.8) is 0 Å². The maximum Gasteiger partial charge on any atom is 0.0109 e. The van der Waals surface area contributed by atoms with Crippen molar-refractivity contribution in [2.24, 2.45) is 0 Å². The van der Waals surface area contributed by atoms with Gasteiger partial charge in [-0.05, 0) is 20.3 Å². The van der Waals surface area contributed by atoms with Gasteiger partial charge in [0, 0.05) is 18.9 Å². The first kappa shape index (κ1) is 6.40. The van der Waals surface area contributed by atoms with Gasteiger partial charge in [0.1, 0.15) is 0 Å². The van der Waals surface area contributed by atoms with Crippen molar-refractivity contribution in [2.75, 3.05) is 7.05 Å². The summed E-state index contributed by atoms with van der Waals surface area (Å²) in [5.41, 5.74) is 2.78. The molecule has 1 heterocycles. The van der Waals surface area contributed by atoms with Crippen molar-refractivity contribution in [1.82, 2.24) is 4.90 Å². The Balaban J connectivity index is 2.70. The molecule has 0 aromatic carbocycles. The molecule has 0 aromatic heterocycles. The largest absolute Gasteiger partial charge is 0.355 e. The van der Waals surface area contributed by atoms with Crippen LogP contribution in [0.25, 0.3) is 0 Å². The highest BCUT2D eigenvalue weighted by Gasteiger charge is 2.00. The van der Waals surface area contributed by atoms with Gasteiger partial charge in [-0.15, -0.1) is 0 Å². The van der Waals surface area contributed by atoms with Crippen LogP contribution in [0, 0.1) is 0 Å². The minimum absolute atomic E-state index is 1.12. The molecule has 0 unspecified atom stereocenters. The third-order valence-electron chi connectivity index (χ3n) is 1.69.